The Morgan fingerprint density at radius 1 is 1.40 bits per heavy atom. The summed E-state index contributed by atoms with van der Waals surface area (Å²) in [4.78, 5) is 18.5. The fourth-order valence-corrected chi connectivity index (χ4v) is 2.23. The standard InChI is InChI=1S/C18H21N5O2/c1-4-25-18-14(10-19)15(20)9-16(22-18)17(24)21-11-12-6-5-7-13(8-12)23(2)3/h5-9H,4,11H2,1-3H3,(H2,20,22)(H,21,24). The van der Waals surface area contributed by atoms with Crippen LogP contribution in [-0.2, 0) is 6.54 Å². The van der Waals surface area contributed by atoms with Crippen molar-refractivity contribution in [1.29, 1.82) is 5.26 Å². The van der Waals surface area contributed by atoms with Crippen molar-refractivity contribution in [3.63, 3.8) is 0 Å². The maximum absolute atomic E-state index is 12.4. The fraction of sp³-hybridized carbons (Fsp3) is 0.278. The first kappa shape index (κ1) is 18.1. The summed E-state index contributed by atoms with van der Waals surface area (Å²) in [6.07, 6.45) is 0. The third-order valence-electron chi connectivity index (χ3n) is 3.52. The molecule has 0 aliphatic rings. The summed E-state index contributed by atoms with van der Waals surface area (Å²) in [7, 11) is 3.91. The van der Waals surface area contributed by atoms with E-state index in [0.717, 1.165) is 11.3 Å². The van der Waals surface area contributed by atoms with E-state index in [2.05, 4.69) is 10.3 Å². The van der Waals surface area contributed by atoms with Crippen molar-refractivity contribution < 1.29 is 9.53 Å². The van der Waals surface area contributed by atoms with Crippen LogP contribution >= 0.6 is 0 Å². The minimum absolute atomic E-state index is 0.0738. The molecule has 1 aromatic carbocycles. The Labute approximate surface area is 147 Å². The first-order chi connectivity index (χ1) is 12.0. The van der Waals surface area contributed by atoms with Crippen molar-refractivity contribution in [2.24, 2.45) is 0 Å². The van der Waals surface area contributed by atoms with Gasteiger partial charge in [0.15, 0.2) is 0 Å². The molecule has 1 heterocycles. The normalized spacial score (nSPS) is 10.0. The highest BCUT2D eigenvalue weighted by Gasteiger charge is 2.16. The van der Waals surface area contributed by atoms with E-state index in [1.54, 1.807) is 6.92 Å². The van der Waals surface area contributed by atoms with E-state index in [1.807, 2.05) is 49.3 Å². The highest BCUT2D eigenvalue weighted by atomic mass is 16.5. The molecule has 1 aromatic heterocycles. The fourth-order valence-electron chi connectivity index (χ4n) is 2.23. The third-order valence-corrected chi connectivity index (χ3v) is 3.52. The van der Waals surface area contributed by atoms with Crippen LogP contribution < -0.4 is 20.7 Å². The van der Waals surface area contributed by atoms with Gasteiger partial charge >= 0.3 is 0 Å². The van der Waals surface area contributed by atoms with Gasteiger partial charge < -0.3 is 20.7 Å². The van der Waals surface area contributed by atoms with Crippen LogP contribution in [0.1, 0.15) is 28.5 Å². The van der Waals surface area contributed by atoms with Crippen LogP contribution in [0.3, 0.4) is 0 Å². The summed E-state index contributed by atoms with van der Waals surface area (Å²) in [5, 5.41) is 11.9. The van der Waals surface area contributed by atoms with Crippen LogP contribution in [0.5, 0.6) is 5.88 Å². The number of benzene rings is 1. The number of nitriles is 1. The molecule has 0 bridgehead atoms. The molecule has 25 heavy (non-hydrogen) atoms. The predicted molar refractivity (Wildman–Crippen MR) is 96.5 cm³/mol. The molecule has 7 nitrogen and oxygen atoms in total. The minimum Gasteiger partial charge on any atom is -0.477 e. The predicted octanol–water partition coefficient (Wildman–Crippen LogP) is 1.93. The monoisotopic (exact) mass is 339 g/mol. The van der Waals surface area contributed by atoms with Crippen LogP contribution in [0.2, 0.25) is 0 Å². The van der Waals surface area contributed by atoms with Crippen molar-refractivity contribution in [3.05, 3.63) is 47.2 Å². The number of rotatable bonds is 6. The molecule has 0 saturated heterocycles. The van der Waals surface area contributed by atoms with Gasteiger partial charge in [-0.2, -0.15) is 5.26 Å². The molecule has 0 fully saturated rings. The lowest BCUT2D eigenvalue weighted by Gasteiger charge is -2.14. The van der Waals surface area contributed by atoms with Gasteiger partial charge in [0.05, 0.1) is 12.3 Å². The van der Waals surface area contributed by atoms with Gasteiger partial charge in [-0.15, -0.1) is 0 Å². The van der Waals surface area contributed by atoms with Crippen LogP contribution in [0, 0.1) is 11.3 Å². The van der Waals surface area contributed by atoms with Gasteiger partial charge in [-0.1, -0.05) is 12.1 Å². The summed E-state index contributed by atoms with van der Waals surface area (Å²) < 4.78 is 5.31. The molecule has 0 aliphatic heterocycles. The Kier molecular flexibility index (Phi) is 5.79. The average Bonchev–Trinajstić information content (AvgIpc) is 2.60. The number of nitrogen functional groups attached to an aromatic ring is 1. The van der Waals surface area contributed by atoms with Crippen LogP contribution in [0.15, 0.2) is 30.3 Å². The molecule has 130 valence electrons. The molecule has 0 spiro atoms. The molecule has 2 aromatic rings. The topological polar surface area (TPSA) is 104 Å². The SMILES string of the molecule is CCOc1nc(C(=O)NCc2cccc(N(C)C)c2)cc(N)c1C#N. The van der Waals surface area contributed by atoms with Gasteiger partial charge in [-0.3, -0.25) is 4.79 Å². The van der Waals surface area contributed by atoms with E-state index in [0.29, 0.717) is 13.2 Å². The quantitative estimate of drug-likeness (QED) is 0.833. The first-order valence-corrected chi connectivity index (χ1v) is 7.84. The van der Waals surface area contributed by atoms with Gasteiger partial charge in [0.2, 0.25) is 5.88 Å². The van der Waals surface area contributed by atoms with Crippen LogP contribution in [0.25, 0.3) is 0 Å². The van der Waals surface area contributed by atoms with Gasteiger partial charge in [-0.25, -0.2) is 4.98 Å². The average molecular weight is 339 g/mol. The number of carbonyl (C=O) groups is 1. The second-order valence-corrected chi connectivity index (χ2v) is 5.57. The summed E-state index contributed by atoms with van der Waals surface area (Å²) in [5.74, 6) is -0.308. The lowest BCUT2D eigenvalue weighted by Crippen LogP contribution is -2.24. The van der Waals surface area contributed by atoms with Gasteiger partial charge in [0.25, 0.3) is 5.91 Å². The number of nitrogens with zero attached hydrogens (tertiary/aromatic N) is 3. The Hall–Kier alpha value is -3.27. The summed E-state index contributed by atoms with van der Waals surface area (Å²) >= 11 is 0. The number of anilines is 2. The van der Waals surface area contributed by atoms with Crippen LogP contribution in [-0.4, -0.2) is 31.6 Å². The molecular weight excluding hydrogens is 318 g/mol. The lowest BCUT2D eigenvalue weighted by atomic mass is 10.2. The molecule has 1 amide bonds. The molecule has 0 unspecified atom stereocenters. The molecule has 0 radical (unpaired) electrons. The zero-order valence-electron chi connectivity index (χ0n) is 14.5. The van der Waals surface area contributed by atoms with Crippen molar-refractivity contribution >= 4 is 17.3 Å². The Balaban J connectivity index is 2.16. The number of nitrogens with two attached hydrogens (primary N) is 1. The largest absolute Gasteiger partial charge is 0.477 e. The first-order valence-electron chi connectivity index (χ1n) is 7.84. The number of nitrogens with one attached hydrogen (secondary N) is 1. The maximum atomic E-state index is 12.4. The zero-order valence-corrected chi connectivity index (χ0v) is 14.5. The van der Waals surface area contributed by atoms with Crippen molar-refractivity contribution in [1.82, 2.24) is 10.3 Å². The number of carbonyl (C=O) groups excluding carboxylic acids is 1. The number of aromatic nitrogens is 1. The van der Waals surface area contributed by atoms with E-state index in [1.165, 1.54) is 6.07 Å². The molecule has 3 N–H and O–H groups in total. The third kappa shape index (κ3) is 4.38. The number of pyridine rings is 1. The Bertz CT molecular complexity index is 812. The Morgan fingerprint density at radius 2 is 2.16 bits per heavy atom. The Morgan fingerprint density at radius 3 is 2.80 bits per heavy atom. The maximum Gasteiger partial charge on any atom is 0.270 e. The number of amides is 1. The van der Waals surface area contributed by atoms with Gasteiger partial charge in [-0.05, 0) is 30.7 Å². The highest BCUT2D eigenvalue weighted by molar-refractivity contribution is 5.93. The van der Waals surface area contributed by atoms with Crippen molar-refractivity contribution in [3.8, 4) is 11.9 Å². The summed E-state index contributed by atoms with van der Waals surface area (Å²) in [6, 6.07) is 11.2. The smallest absolute Gasteiger partial charge is 0.270 e. The van der Waals surface area contributed by atoms with Gasteiger partial charge in [0, 0.05) is 26.3 Å². The number of hydrogen-bond donors (Lipinski definition) is 2. The number of hydrogen-bond acceptors (Lipinski definition) is 6. The molecular formula is C18H21N5O2. The summed E-state index contributed by atoms with van der Waals surface area (Å²) in [6.45, 7) is 2.44. The molecule has 7 heteroatoms. The molecule has 0 aliphatic carbocycles. The van der Waals surface area contributed by atoms with Crippen LogP contribution in [0.4, 0.5) is 11.4 Å². The molecule has 0 saturated carbocycles. The molecule has 0 atom stereocenters. The van der Waals surface area contributed by atoms with Crippen molar-refractivity contribution in [2.45, 2.75) is 13.5 Å². The van der Waals surface area contributed by atoms with E-state index in [4.69, 9.17) is 15.7 Å². The minimum atomic E-state index is -0.382. The molecule has 2 rings (SSSR count). The van der Waals surface area contributed by atoms with Crippen molar-refractivity contribution in [2.75, 3.05) is 31.3 Å². The lowest BCUT2D eigenvalue weighted by molar-refractivity contribution is 0.0945. The van der Waals surface area contributed by atoms with E-state index in [-0.39, 0.29) is 28.7 Å². The number of ether oxygens (including phenoxy) is 1. The van der Waals surface area contributed by atoms with Gasteiger partial charge in [0.1, 0.15) is 17.3 Å². The second-order valence-electron chi connectivity index (χ2n) is 5.57. The second kappa shape index (κ2) is 8.02. The van der Waals surface area contributed by atoms with E-state index < -0.39 is 0 Å². The summed E-state index contributed by atoms with van der Waals surface area (Å²) in [5.41, 5.74) is 8.26. The van der Waals surface area contributed by atoms with E-state index >= 15 is 0 Å². The van der Waals surface area contributed by atoms with E-state index in [9.17, 15) is 4.79 Å². The zero-order chi connectivity index (χ0) is 18.4. The highest BCUT2D eigenvalue weighted by Crippen LogP contribution is 2.22.